The number of rotatable bonds is 7. The first-order chi connectivity index (χ1) is 9.03. The Morgan fingerprint density at radius 3 is 1.95 bits per heavy atom. The number of hydrogen-bond acceptors (Lipinski definition) is 5. The highest BCUT2D eigenvalue weighted by Gasteiger charge is 2.20. The van der Waals surface area contributed by atoms with Gasteiger partial charge in [0.05, 0.1) is 33.0 Å². The predicted octanol–water partition coefficient (Wildman–Crippen LogP) is 1.74. The summed E-state index contributed by atoms with van der Waals surface area (Å²) in [7, 11) is 4.69. The van der Waals surface area contributed by atoms with Gasteiger partial charge in [0.25, 0.3) is 0 Å². The fraction of sp³-hybridized carbons (Fsp3) is 0.571. The van der Waals surface area contributed by atoms with Crippen LogP contribution >= 0.6 is 0 Å². The van der Waals surface area contributed by atoms with Crippen molar-refractivity contribution in [2.75, 3.05) is 27.9 Å². The highest BCUT2D eigenvalue weighted by Crippen LogP contribution is 2.38. The van der Waals surface area contributed by atoms with E-state index in [1.165, 1.54) is 0 Å². The molecule has 0 spiro atoms. The van der Waals surface area contributed by atoms with E-state index in [1.54, 1.807) is 33.5 Å². The van der Waals surface area contributed by atoms with Crippen LogP contribution in [0.3, 0.4) is 0 Å². The average molecular weight is 269 g/mol. The molecule has 2 N–H and O–H groups in total. The highest BCUT2D eigenvalue weighted by molar-refractivity contribution is 5.52. The normalized spacial score (nSPS) is 12.4. The second kappa shape index (κ2) is 7.21. The first-order valence-electron chi connectivity index (χ1n) is 6.24. The van der Waals surface area contributed by atoms with Crippen molar-refractivity contribution in [1.82, 2.24) is 5.32 Å². The Balaban J connectivity index is 3.08. The van der Waals surface area contributed by atoms with Gasteiger partial charge in [0.15, 0.2) is 0 Å². The first kappa shape index (κ1) is 15.6. The Morgan fingerprint density at radius 1 is 1.05 bits per heavy atom. The minimum atomic E-state index is -0.710. The van der Waals surface area contributed by atoms with Crippen LogP contribution in [0.25, 0.3) is 0 Å². The topological polar surface area (TPSA) is 60.0 Å². The van der Waals surface area contributed by atoms with Crippen LogP contribution in [0.1, 0.15) is 25.5 Å². The largest absolute Gasteiger partial charge is 0.496 e. The molecule has 0 fully saturated rings. The molecule has 5 heteroatoms. The lowest BCUT2D eigenvalue weighted by Crippen LogP contribution is -2.28. The van der Waals surface area contributed by atoms with Gasteiger partial charge in [-0.2, -0.15) is 0 Å². The van der Waals surface area contributed by atoms with Crippen LogP contribution in [-0.4, -0.2) is 39.0 Å². The molecule has 5 nitrogen and oxygen atoms in total. The molecule has 0 saturated heterocycles. The maximum atomic E-state index is 10.3. The summed E-state index contributed by atoms with van der Waals surface area (Å²) in [5.74, 6) is 1.73. The van der Waals surface area contributed by atoms with Crippen LogP contribution in [0, 0.1) is 0 Å². The number of aliphatic hydroxyl groups is 1. The summed E-state index contributed by atoms with van der Waals surface area (Å²) in [6.07, 6.45) is -0.710. The van der Waals surface area contributed by atoms with Gasteiger partial charge in [-0.05, 0) is 0 Å². The first-order valence-corrected chi connectivity index (χ1v) is 6.24. The van der Waals surface area contributed by atoms with Crippen molar-refractivity contribution in [2.45, 2.75) is 26.0 Å². The van der Waals surface area contributed by atoms with E-state index in [9.17, 15) is 5.11 Å². The molecule has 0 heterocycles. The fourth-order valence-electron chi connectivity index (χ4n) is 1.81. The van der Waals surface area contributed by atoms with Gasteiger partial charge >= 0.3 is 0 Å². The van der Waals surface area contributed by atoms with E-state index in [-0.39, 0.29) is 0 Å². The zero-order chi connectivity index (χ0) is 14.4. The van der Waals surface area contributed by atoms with E-state index in [0.29, 0.717) is 35.4 Å². The molecule has 0 aromatic heterocycles. The third-order valence-corrected chi connectivity index (χ3v) is 2.81. The molecule has 0 radical (unpaired) electrons. The maximum Gasteiger partial charge on any atom is 0.132 e. The van der Waals surface area contributed by atoms with Gasteiger partial charge in [-0.15, -0.1) is 0 Å². The SMILES string of the molecule is COc1cc(OC)c(C(O)CNC(C)C)c(OC)c1. The van der Waals surface area contributed by atoms with Crippen molar-refractivity contribution in [2.24, 2.45) is 0 Å². The molecule has 0 bridgehead atoms. The van der Waals surface area contributed by atoms with Crippen LogP contribution in [0.15, 0.2) is 12.1 Å². The summed E-state index contributed by atoms with van der Waals surface area (Å²) in [6.45, 7) is 4.47. The fourth-order valence-corrected chi connectivity index (χ4v) is 1.81. The van der Waals surface area contributed by atoms with Crippen molar-refractivity contribution in [1.29, 1.82) is 0 Å². The molecular weight excluding hydrogens is 246 g/mol. The molecule has 108 valence electrons. The van der Waals surface area contributed by atoms with Crippen LogP contribution in [0.4, 0.5) is 0 Å². The van der Waals surface area contributed by atoms with Crippen LogP contribution in [0.5, 0.6) is 17.2 Å². The molecule has 0 aliphatic rings. The zero-order valence-electron chi connectivity index (χ0n) is 12.2. The quantitative estimate of drug-likeness (QED) is 0.789. The summed E-state index contributed by atoms with van der Waals surface area (Å²) in [6, 6.07) is 3.76. The lowest BCUT2D eigenvalue weighted by Gasteiger charge is -2.20. The number of nitrogens with one attached hydrogen (secondary N) is 1. The van der Waals surface area contributed by atoms with Gasteiger partial charge in [0.2, 0.25) is 0 Å². The van der Waals surface area contributed by atoms with Gasteiger partial charge in [-0.25, -0.2) is 0 Å². The predicted molar refractivity (Wildman–Crippen MR) is 74.2 cm³/mol. The summed E-state index contributed by atoms with van der Waals surface area (Å²) in [5, 5.41) is 13.5. The van der Waals surface area contributed by atoms with Crippen LogP contribution in [0.2, 0.25) is 0 Å². The maximum absolute atomic E-state index is 10.3. The molecular formula is C14H23NO4. The molecule has 0 saturated carbocycles. The van der Waals surface area contributed by atoms with E-state index in [4.69, 9.17) is 14.2 Å². The summed E-state index contributed by atoms with van der Waals surface area (Å²) in [5.41, 5.74) is 0.624. The average Bonchev–Trinajstić information content (AvgIpc) is 2.42. The second-order valence-corrected chi connectivity index (χ2v) is 4.52. The van der Waals surface area contributed by atoms with Crippen LogP contribution < -0.4 is 19.5 Å². The Kier molecular flexibility index (Phi) is 5.92. The van der Waals surface area contributed by atoms with E-state index >= 15 is 0 Å². The number of benzene rings is 1. The van der Waals surface area contributed by atoms with E-state index in [1.807, 2.05) is 13.8 Å². The monoisotopic (exact) mass is 269 g/mol. The number of hydrogen-bond donors (Lipinski definition) is 2. The number of ether oxygens (including phenoxy) is 3. The Bertz CT molecular complexity index is 381. The zero-order valence-corrected chi connectivity index (χ0v) is 12.2. The minimum Gasteiger partial charge on any atom is -0.496 e. The lowest BCUT2D eigenvalue weighted by atomic mass is 10.1. The Hall–Kier alpha value is -1.46. The van der Waals surface area contributed by atoms with Gasteiger partial charge in [-0.3, -0.25) is 0 Å². The molecule has 1 aromatic rings. The van der Waals surface area contributed by atoms with Crippen molar-refractivity contribution in [3.63, 3.8) is 0 Å². The van der Waals surface area contributed by atoms with E-state index in [2.05, 4.69) is 5.32 Å². The molecule has 0 aliphatic carbocycles. The van der Waals surface area contributed by atoms with Crippen molar-refractivity contribution in [3.05, 3.63) is 17.7 Å². The molecule has 1 atom stereocenters. The third-order valence-electron chi connectivity index (χ3n) is 2.81. The van der Waals surface area contributed by atoms with Gasteiger partial charge in [0.1, 0.15) is 17.2 Å². The number of methoxy groups -OCH3 is 3. The second-order valence-electron chi connectivity index (χ2n) is 4.52. The van der Waals surface area contributed by atoms with Crippen molar-refractivity contribution < 1.29 is 19.3 Å². The molecule has 1 rings (SSSR count). The smallest absolute Gasteiger partial charge is 0.132 e. The van der Waals surface area contributed by atoms with Gasteiger partial charge < -0.3 is 24.6 Å². The summed E-state index contributed by atoms with van der Waals surface area (Å²) in [4.78, 5) is 0. The molecule has 1 unspecified atom stereocenters. The summed E-state index contributed by atoms with van der Waals surface area (Å²) >= 11 is 0. The van der Waals surface area contributed by atoms with Crippen LogP contribution in [-0.2, 0) is 0 Å². The third kappa shape index (κ3) is 4.01. The number of aliphatic hydroxyl groups excluding tert-OH is 1. The Morgan fingerprint density at radius 2 is 1.58 bits per heavy atom. The van der Waals surface area contributed by atoms with Crippen molar-refractivity contribution in [3.8, 4) is 17.2 Å². The Labute approximate surface area is 114 Å². The van der Waals surface area contributed by atoms with E-state index < -0.39 is 6.10 Å². The molecule has 19 heavy (non-hydrogen) atoms. The molecule has 1 aromatic carbocycles. The molecule has 0 amide bonds. The summed E-state index contributed by atoms with van der Waals surface area (Å²) < 4.78 is 15.8. The van der Waals surface area contributed by atoms with Gasteiger partial charge in [-0.1, -0.05) is 13.8 Å². The standard InChI is InChI=1S/C14H23NO4/c1-9(2)15-8-11(16)14-12(18-4)6-10(17-3)7-13(14)19-5/h6-7,9,11,15-16H,8H2,1-5H3. The van der Waals surface area contributed by atoms with Gasteiger partial charge in [0, 0.05) is 24.7 Å². The van der Waals surface area contributed by atoms with Crippen molar-refractivity contribution >= 4 is 0 Å². The highest BCUT2D eigenvalue weighted by atomic mass is 16.5. The molecule has 0 aliphatic heterocycles. The lowest BCUT2D eigenvalue weighted by molar-refractivity contribution is 0.163. The van der Waals surface area contributed by atoms with E-state index in [0.717, 1.165) is 0 Å². The minimum absolute atomic E-state index is 0.296.